The van der Waals surface area contributed by atoms with Crippen molar-refractivity contribution in [3.63, 3.8) is 0 Å². The first-order valence-electron chi connectivity index (χ1n) is 16.2. The van der Waals surface area contributed by atoms with Gasteiger partial charge < -0.3 is 29.2 Å². The third-order valence-corrected chi connectivity index (χ3v) is 8.76. The average Bonchev–Trinajstić information content (AvgIpc) is 3.11. The summed E-state index contributed by atoms with van der Waals surface area (Å²) in [4.78, 5) is 35.2. The van der Waals surface area contributed by atoms with Gasteiger partial charge in [-0.1, -0.05) is 90.1 Å². The van der Waals surface area contributed by atoms with Crippen LogP contribution in [0.4, 0.5) is 4.79 Å². The fraction of sp³-hybridized carbons (Fsp3) is 0.325. The minimum atomic E-state index is -1.11. The highest BCUT2D eigenvalue weighted by atomic mass is 16.7. The molecule has 260 valence electrons. The maximum absolute atomic E-state index is 12.0. The number of para-hydroxylation sites is 2. The van der Waals surface area contributed by atoms with Crippen LogP contribution in [0.5, 0.6) is 23.0 Å². The van der Waals surface area contributed by atoms with Gasteiger partial charge in [0.25, 0.3) is 0 Å². The molecular weight excluding hydrogens is 624 g/mol. The number of ether oxygens (including phenoxy) is 4. The molecule has 0 aliphatic rings. The van der Waals surface area contributed by atoms with Crippen molar-refractivity contribution >= 4 is 18.1 Å². The predicted octanol–water partition coefficient (Wildman–Crippen LogP) is 9.29. The van der Waals surface area contributed by atoms with Crippen LogP contribution < -0.4 is 9.47 Å². The highest BCUT2D eigenvalue weighted by Crippen LogP contribution is 2.39. The lowest BCUT2D eigenvalue weighted by Gasteiger charge is -2.29. The van der Waals surface area contributed by atoms with Gasteiger partial charge in [-0.15, -0.1) is 0 Å². The summed E-state index contributed by atoms with van der Waals surface area (Å²) < 4.78 is 19.3. The van der Waals surface area contributed by atoms with E-state index in [1.807, 2.05) is 24.3 Å². The minimum absolute atomic E-state index is 0.0232. The summed E-state index contributed by atoms with van der Waals surface area (Å²) in [7, 11) is 2.42. The van der Waals surface area contributed by atoms with E-state index >= 15 is 0 Å². The molecule has 0 aromatic heterocycles. The first-order valence-corrected chi connectivity index (χ1v) is 16.2. The highest BCUT2D eigenvalue weighted by Gasteiger charge is 2.26. The third-order valence-electron chi connectivity index (χ3n) is 8.76. The molecule has 49 heavy (non-hydrogen) atoms. The maximum Gasteiger partial charge on any atom is 0.519 e. The smallest absolute Gasteiger partial charge is 0.508 e. The van der Waals surface area contributed by atoms with Gasteiger partial charge in [-0.05, 0) is 83.3 Å². The van der Waals surface area contributed by atoms with E-state index in [1.165, 1.54) is 49.6 Å². The van der Waals surface area contributed by atoms with Crippen LogP contribution in [0.1, 0.15) is 109 Å². The SMILES string of the molecule is CCC(C)c1cc(C(C)(C)c2ccc(O)c(C(C)CC)c2)ccc1O.COC(=O)c1ccccc1OC(=O)Oc1ccccc1C(=O)OC. The molecule has 0 aliphatic heterocycles. The molecular formula is C40H46O9. The summed E-state index contributed by atoms with van der Waals surface area (Å²) >= 11 is 0. The molecule has 2 atom stereocenters. The Hall–Kier alpha value is -5.31. The lowest BCUT2D eigenvalue weighted by molar-refractivity contribution is 0.0590. The highest BCUT2D eigenvalue weighted by molar-refractivity contribution is 5.94. The molecule has 0 spiro atoms. The molecule has 0 radical (unpaired) electrons. The lowest BCUT2D eigenvalue weighted by Crippen LogP contribution is -2.19. The van der Waals surface area contributed by atoms with E-state index < -0.39 is 18.1 Å². The Kier molecular flexibility index (Phi) is 13.4. The first-order chi connectivity index (χ1) is 23.3. The number of rotatable bonds is 10. The van der Waals surface area contributed by atoms with Crippen molar-refractivity contribution in [1.82, 2.24) is 0 Å². The molecule has 0 aliphatic carbocycles. The Labute approximate surface area is 288 Å². The summed E-state index contributed by atoms with van der Waals surface area (Å²) in [6.07, 6.45) is 0.881. The number of methoxy groups -OCH3 is 2. The molecule has 2 unspecified atom stereocenters. The molecule has 2 N–H and O–H groups in total. The summed E-state index contributed by atoms with van der Waals surface area (Å²) in [6.45, 7) is 13.0. The standard InChI is InChI=1S/C23H32O2.C17H14O7/c1-7-15(3)19-13-17(9-11-21(19)24)23(5,6)18-10-12-22(25)20(14-18)16(4)8-2;1-21-15(18)11-7-3-5-9-13(11)23-17(20)24-14-10-6-4-8-12(14)16(19)22-2/h9-16,24-25H,7-8H2,1-6H3;3-10H,1-2H3. The summed E-state index contributed by atoms with van der Waals surface area (Å²) in [5.41, 5.74) is 4.31. The second-order valence-corrected chi connectivity index (χ2v) is 12.2. The Bertz CT molecular complexity index is 1630. The Morgan fingerprint density at radius 3 is 1.35 bits per heavy atom. The molecule has 0 saturated carbocycles. The fourth-order valence-corrected chi connectivity index (χ4v) is 5.15. The molecule has 9 nitrogen and oxygen atoms in total. The average molecular weight is 671 g/mol. The van der Waals surface area contributed by atoms with Crippen LogP contribution in [-0.4, -0.2) is 42.5 Å². The molecule has 9 heteroatoms. The van der Waals surface area contributed by atoms with Crippen molar-refractivity contribution in [1.29, 1.82) is 0 Å². The number of benzene rings is 4. The second-order valence-electron chi connectivity index (χ2n) is 12.2. The molecule has 0 fully saturated rings. The molecule has 4 aromatic rings. The van der Waals surface area contributed by atoms with Crippen LogP contribution >= 0.6 is 0 Å². The minimum Gasteiger partial charge on any atom is -0.508 e. The molecule has 4 rings (SSSR count). The van der Waals surface area contributed by atoms with Crippen LogP contribution in [0.2, 0.25) is 0 Å². The molecule has 0 amide bonds. The predicted molar refractivity (Wildman–Crippen MR) is 188 cm³/mol. The number of hydrogen-bond acceptors (Lipinski definition) is 9. The Morgan fingerprint density at radius 2 is 1.00 bits per heavy atom. The number of carbonyl (C=O) groups is 3. The van der Waals surface area contributed by atoms with Crippen molar-refractivity contribution in [2.24, 2.45) is 0 Å². The Morgan fingerprint density at radius 1 is 0.633 bits per heavy atom. The first kappa shape index (κ1) is 38.1. The van der Waals surface area contributed by atoms with Gasteiger partial charge in [0.15, 0.2) is 0 Å². The van der Waals surface area contributed by atoms with Gasteiger partial charge in [-0.2, -0.15) is 0 Å². The van der Waals surface area contributed by atoms with Crippen molar-refractivity contribution < 1.29 is 43.5 Å². The van der Waals surface area contributed by atoms with E-state index in [0.717, 1.165) is 24.0 Å². The summed E-state index contributed by atoms with van der Waals surface area (Å²) in [5, 5.41) is 20.4. The van der Waals surface area contributed by atoms with E-state index in [9.17, 15) is 24.6 Å². The zero-order valence-electron chi connectivity index (χ0n) is 29.4. The lowest BCUT2D eigenvalue weighted by atomic mass is 9.75. The van der Waals surface area contributed by atoms with Crippen LogP contribution in [-0.2, 0) is 14.9 Å². The van der Waals surface area contributed by atoms with Gasteiger partial charge in [0.05, 0.1) is 14.2 Å². The Balaban J connectivity index is 0.000000266. The number of esters is 2. The van der Waals surface area contributed by atoms with Crippen LogP contribution in [0, 0.1) is 0 Å². The quantitative estimate of drug-likeness (QED) is 0.125. The van der Waals surface area contributed by atoms with Crippen molar-refractivity contribution in [3.05, 3.63) is 118 Å². The van der Waals surface area contributed by atoms with E-state index in [2.05, 4.69) is 63.1 Å². The van der Waals surface area contributed by atoms with E-state index in [4.69, 9.17) is 9.47 Å². The molecule has 4 aromatic carbocycles. The van der Waals surface area contributed by atoms with Crippen molar-refractivity contribution in [2.45, 2.75) is 71.6 Å². The topological polar surface area (TPSA) is 129 Å². The molecule has 0 bridgehead atoms. The van der Waals surface area contributed by atoms with E-state index in [1.54, 1.807) is 24.3 Å². The van der Waals surface area contributed by atoms with Crippen LogP contribution in [0.25, 0.3) is 0 Å². The van der Waals surface area contributed by atoms with Gasteiger partial charge in [-0.25, -0.2) is 14.4 Å². The maximum atomic E-state index is 12.0. The van der Waals surface area contributed by atoms with Gasteiger partial charge in [0, 0.05) is 5.41 Å². The normalized spacial score (nSPS) is 12.1. The second kappa shape index (κ2) is 17.2. The van der Waals surface area contributed by atoms with Crippen LogP contribution in [0.15, 0.2) is 84.9 Å². The number of carbonyl (C=O) groups excluding carboxylic acids is 3. The van der Waals surface area contributed by atoms with E-state index in [-0.39, 0.29) is 28.0 Å². The van der Waals surface area contributed by atoms with Gasteiger partial charge in [0.2, 0.25) is 0 Å². The van der Waals surface area contributed by atoms with Crippen molar-refractivity contribution in [3.8, 4) is 23.0 Å². The largest absolute Gasteiger partial charge is 0.519 e. The van der Waals surface area contributed by atoms with Gasteiger partial charge in [-0.3, -0.25) is 0 Å². The monoisotopic (exact) mass is 670 g/mol. The summed E-state index contributed by atoms with van der Waals surface area (Å²) in [5.74, 6) is 0.0359. The van der Waals surface area contributed by atoms with Gasteiger partial charge in [0.1, 0.15) is 34.1 Å². The van der Waals surface area contributed by atoms with E-state index in [0.29, 0.717) is 23.3 Å². The fourth-order valence-electron chi connectivity index (χ4n) is 5.15. The molecule has 0 heterocycles. The van der Waals surface area contributed by atoms with Gasteiger partial charge >= 0.3 is 18.1 Å². The number of phenols is 2. The van der Waals surface area contributed by atoms with Crippen LogP contribution in [0.3, 0.4) is 0 Å². The van der Waals surface area contributed by atoms with Crippen molar-refractivity contribution in [2.75, 3.05) is 14.2 Å². The zero-order valence-corrected chi connectivity index (χ0v) is 29.4. The zero-order chi connectivity index (χ0) is 36.3. The number of phenolic OH excluding ortho intramolecular Hbond substituents is 2. The third kappa shape index (κ3) is 9.41. The number of hydrogen-bond donors (Lipinski definition) is 2. The summed E-state index contributed by atoms with van der Waals surface area (Å²) in [6, 6.07) is 24.0. The number of aromatic hydroxyl groups is 2. The molecule has 0 saturated heterocycles.